The molecule has 3 N–H and O–H groups in total. The van der Waals surface area contributed by atoms with Gasteiger partial charge in [0.1, 0.15) is 0 Å². The lowest BCUT2D eigenvalue weighted by Gasteiger charge is -2.18. The molecule has 0 heterocycles. The maximum atomic E-state index is 12.0. The molecule has 1 aliphatic carbocycles. The summed E-state index contributed by atoms with van der Waals surface area (Å²) in [5.41, 5.74) is 7.13. The van der Waals surface area contributed by atoms with Crippen LogP contribution in [0.2, 0.25) is 0 Å². The molecule has 3 atom stereocenters. The SMILES string of the molecule is CC(NC(=O)C[C@@H]1CCC[C@H]1N)c1ccccc1.Cl. The van der Waals surface area contributed by atoms with Crippen LogP contribution >= 0.6 is 12.4 Å². The molecule has 0 spiro atoms. The third-order valence-corrected chi connectivity index (χ3v) is 3.84. The minimum atomic E-state index is 0. The summed E-state index contributed by atoms with van der Waals surface area (Å²) in [4.78, 5) is 12.0. The molecular weight excluding hydrogens is 260 g/mol. The van der Waals surface area contributed by atoms with E-state index in [1.807, 2.05) is 37.3 Å². The second-order valence-corrected chi connectivity index (χ2v) is 5.26. The van der Waals surface area contributed by atoms with Crippen LogP contribution in [0, 0.1) is 5.92 Å². The molecule has 0 aromatic heterocycles. The smallest absolute Gasteiger partial charge is 0.220 e. The quantitative estimate of drug-likeness (QED) is 0.892. The van der Waals surface area contributed by atoms with Crippen molar-refractivity contribution in [1.82, 2.24) is 5.32 Å². The fourth-order valence-electron chi connectivity index (χ4n) is 2.68. The number of hydrogen-bond donors (Lipinski definition) is 2. The second kappa shape index (κ2) is 7.51. The molecular formula is C15H23ClN2O. The third kappa shape index (κ3) is 4.51. The first-order valence-electron chi connectivity index (χ1n) is 6.76. The van der Waals surface area contributed by atoms with Gasteiger partial charge in [0.25, 0.3) is 0 Å². The summed E-state index contributed by atoms with van der Waals surface area (Å²) in [5, 5.41) is 3.05. The maximum absolute atomic E-state index is 12.0. The third-order valence-electron chi connectivity index (χ3n) is 3.84. The Morgan fingerprint density at radius 3 is 2.63 bits per heavy atom. The molecule has 19 heavy (non-hydrogen) atoms. The summed E-state index contributed by atoms with van der Waals surface area (Å²) in [7, 11) is 0. The number of halogens is 1. The summed E-state index contributed by atoms with van der Waals surface area (Å²) in [5.74, 6) is 0.488. The van der Waals surface area contributed by atoms with Gasteiger partial charge in [-0.1, -0.05) is 36.8 Å². The van der Waals surface area contributed by atoms with Crippen molar-refractivity contribution in [3.8, 4) is 0 Å². The van der Waals surface area contributed by atoms with Crippen LogP contribution in [0.4, 0.5) is 0 Å². The molecule has 1 saturated carbocycles. The first kappa shape index (κ1) is 16.0. The summed E-state index contributed by atoms with van der Waals surface area (Å²) in [6, 6.07) is 10.3. The number of carbonyl (C=O) groups is 1. The lowest BCUT2D eigenvalue weighted by Crippen LogP contribution is -2.32. The highest BCUT2D eigenvalue weighted by molar-refractivity contribution is 5.85. The molecule has 1 aromatic rings. The number of nitrogens with one attached hydrogen (secondary N) is 1. The molecule has 3 nitrogen and oxygen atoms in total. The van der Waals surface area contributed by atoms with Crippen LogP contribution in [0.1, 0.15) is 44.2 Å². The highest BCUT2D eigenvalue weighted by atomic mass is 35.5. The van der Waals surface area contributed by atoms with Gasteiger partial charge in [-0.25, -0.2) is 0 Å². The fourth-order valence-corrected chi connectivity index (χ4v) is 2.68. The molecule has 1 aromatic carbocycles. The number of rotatable bonds is 4. The summed E-state index contributed by atoms with van der Waals surface area (Å²) >= 11 is 0. The van der Waals surface area contributed by atoms with E-state index < -0.39 is 0 Å². The van der Waals surface area contributed by atoms with Crippen molar-refractivity contribution in [1.29, 1.82) is 0 Å². The first-order chi connectivity index (χ1) is 8.66. The number of amides is 1. The Bertz CT molecular complexity index is 396. The standard InChI is InChI=1S/C15H22N2O.ClH/c1-11(12-6-3-2-4-7-12)17-15(18)10-13-8-5-9-14(13)16;/h2-4,6-7,11,13-14H,5,8-10,16H2,1H3,(H,17,18);1H/t11?,13-,14+;/m0./s1. The minimum absolute atomic E-state index is 0. The molecule has 0 bridgehead atoms. The number of hydrogen-bond acceptors (Lipinski definition) is 2. The monoisotopic (exact) mass is 282 g/mol. The highest BCUT2D eigenvalue weighted by Gasteiger charge is 2.26. The van der Waals surface area contributed by atoms with Crippen molar-refractivity contribution in [2.45, 2.75) is 44.7 Å². The zero-order chi connectivity index (χ0) is 13.0. The Balaban J connectivity index is 0.00000180. The predicted molar refractivity (Wildman–Crippen MR) is 80.2 cm³/mol. The zero-order valence-corrected chi connectivity index (χ0v) is 12.2. The molecule has 1 aliphatic rings. The highest BCUT2D eigenvalue weighted by Crippen LogP contribution is 2.27. The molecule has 1 amide bonds. The van der Waals surface area contributed by atoms with E-state index in [1.54, 1.807) is 0 Å². The van der Waals surface area contributed by atoms with Crippen LogP contribution in [0.25, 0.3) is 0 Å². The molecule has 1 unspecified atom stereocenters. The van der Waals surface area contributed by atoms with Gasteiger partial charge in [-0.2, -0.15) is 0 Å². The van der Waals surface area contributed by atoms with Crippen molar-refractivity contribution >= 4 is 18.3 Å². The second-order valence-electron chi connectivity index (χ2n) is 5.26. The van der Waals surface area contributed by atoms with E-state index >= 15 is 0 Å². The van der Waals surface area contributed by atoms with E-state index in [1.165, 1.54) is 0 Å². The van der Waals surface area contributed by atoms with Gasteiger partial charge in [-0.05, 0) is 31.2 Å². The summed E-state index contributed by atoms with van der Waals surface area (Å²) in [6.07, 6.45) is 3.88. The largest absolute Gasteiger partial charge is 0.350 e. The van der Waals surface area contributed by atoms with E-state index in [9.17, 15) is 4.79 Å². The Labute approximate surface area is 121 Å². The van der Waals surface area contributed by atoms with E-state index in [0.717, 1.165) is 24.8 Å². The molecule has 106 valence electrons. The van der Waals surface area contributed by atoms with Gasteiger partial charge in [0.15, 0.2) is 0 Å². The average Bonchev–Trinajstić information content (AvgIpc) is 2.76. The van der Waals surface area contributed by atoms with Gasteiger partial charge in [0, 0.05) is 12.5 Å². The van der Waals surface area contributed by atoms with Crippen molar-refractivity contribution in [3.63, 3.8) is 0 Å². The Kier molecular flexibility index (Phi) is 6.32. The topological polar surface area (TPSA) is 55.1 Å². The fraction of sp³-hybridized carbons (Fsp3) is 0.533. The molecule has 0 aliphatic heterocycles. The first-order valence-corrected chi connectivity index (χ1v) is 6.76. The van der Waals surface area contributed by atoms with E-state index in [4.69, 9.17) is 5.73 Å². The molecule has 4 heteroatoms. The molecule has 0 saturated heterocycles. The van der Waals surface area contributed by atoms with Crippen LogP contribution in [0.5, 0.6) is 0 Å². The van der Waals surface area contributed by atoms with Crippen LogP contribution < -0.4 is 11.1 Å². The number of carbonyl (C=O) groups excluding carboxylic acids is 1. The van der Waals surface area contributed by atoms with E-state index in [-0.39, 0.29) is 30.4 Å². The van der Waals surface area contributed by atoms with E-state index in [2.05, 4.69) is 5.32 Å². The minimum Gasteiger partial charge on any atom is -0.350 e. The van der Waals surface area contributed by atoms with Crippen LogP contribution in [-0.2, 0) is 4.79 Å². The zero-order valence-electron chi connectivity index (χ0n) is 11.3. The van der Waals surface area contributed by atoms with Crippen LogP contribution in [-0.4, -0.2) is 11.9 Å². The summed E-state index contributed by atoms with van der Waals surface area (Å²) in [6.45, 7) is 2.02. The van der Waals surface area contributed by atoms with Gasteiger partial charge in [-0.15, -0.1) is 12.4 Å². The Hall–Kier alpha value is -1.06. The lowest BCUT2D eigenvalue weighted by atomic mass is 9.99. The van der Waals surface area contributed by atoms with Crippen LogP contribution in [0.15, 0.2) is 30.3 Å². The van der Waals surface area contributed by atoms with E-state index in [0.29, 0.717) is 12.3 Å². The normalized spacial score (nSPS) is 23.5. The van der Waals surface area contributed by atoms with Gasteiger partial charge >= 0.3 is 0 Å². The van der Waals surface area contributed by atoms with Gasteiger partial charge in [-0.3, -0.25) is 4.79 Å². The maximum Gasteiger partial charge on any atom is 0.220 e. The molecule has 2 rings (SSSR count). The molecule has 0 radical (unpaired) electrons. The van der Waals surface area contributed by atoms with Gasteiger partial charge in [0.2, 0.25) is 5.91 Å². The molecule has 1 fully saturated rings. The van der Waals surface area contributed by atoms with Gasteiger partial charge < -0.3 is 11.1 Å². The van der Waals surface area contributed by atoms with Crippen molar-refractivity contribution in [2.24, 2.45) is 11.7 Å². The van der Waals surface area contributed by atoms with Crippen molar-refractivity contribution in [3.05, 3.63) is 35.9 Å². The average molecular weight is 283 g/mol. The van der Waals surface area contributed by atoms with Crippen molar-refractivity contribution in [2.75, 3.05) is 0 Å². The Morgan fingerprint density at radius 1 is 1.37 bits per heavy atom. The Morgan fingerprint density at radius 2 is 2.05 bits per heavy atom. The number of nitrogens with two attached hydrogens (primary N) is 1. The lowest BCUT2D eigenvalue weighted by molar-refractivity contribution is -0.122. The van der Waals surface area contributed by atoms with Crippen LogP contribution in [0.3, 0.4) is 0 Å². The summed E-state index contributed by atoms with van der Waals surface area (Å²) < 4.78 is 0. The van der Waals surface area contributed by atoms with Crippen molar-refractivity contribution < 1.29 is 4.79 Å². The van der Waals surface area contributed by atoms with Gasteiger partial charge in [0.05, 0.1) is 6.04 Å². The number of benzene rings is 1. The predicted octanol–water partition coefficient (Wildman–Crippen LogP) is 2.80.